The Labute approximate surface area is 185 Å². The molecule has 172 valence electrons. The Kier molecular flexibility index (Phi) is 7.57. The minimum Gasteiger partial charge on any atom is -0.393 e. The number of anilines is 1. The molecule has 0 bridgehead atoms. The Balaban J connectivity index is 1.87. The summed E-state index contributed by atoms with van der Waals surface area (Å²) in [5, 5.41) is 25.2. The first-order valence-corrected chi connectivity index (χ1v) is 10.3. The zero-order valence-electron chi connectivity index (χ0n) is 18.1. The van der Waals surface area contributed by atoms with Gasteiger partial charge in [-0.25, -0.2) is 8.78 Å². The van der Waals surface area contributed by atoms with E-state index in [1.54, 1.807) is 18.0 Å². The predicted molar refractivity (Wildman–Crippen MR) is 120 cm³/mol. The van der Waals surface area contributed by atoms with Crippen LogP contribution in [0.25, 0.3) is 5.57 Å². The number of amidine groups is 1. The van der Waals surface area contributed by atoms with Crippen molar-refractivity contribution in [3.63, 3.8) is 0 Å². The number of carbonyl (C=O) groups is 1. The largest absolute Gasteiger partial charge is 0.393 e. The maximum absolute atomic E-state index is 13.7. The van der Waals surface area contributed by atoms with Crippen LogP contribution >= 0.6 is 0 Å². The zero-order valence-corrected chi connectivity index (χ0v) is 18.1. The minimum absolute atomic E-state index is 0.0460. The van der Waals surface area contributed by atoms with Gasteiger partial charge in [0.05, 0.1) is 25.8 Å². The molecule has 5 N–H and O–H groups in total. The number of rotatable bonds is 8. The van der Waals surface area contributed by atoms with Crippen LogP contribution in [0.1, 0.15) is 30.9 Å². The predicted octanol–water partition coefficient (Wildman–Crippen LogP) is 2.72. The quantitative estimate of drug-likeness (QED) is 0.311. The number of hydrogen-bond acceptors (Lipinski definition) is 6. The lowest BCUT2D eigenvalue weighted by atomic mass is 9.99. The topological polar surface area (TPSA) is 113 Å². The lowest BCUT2D eigenvalue weighted by molar-refractivity contribution is -0.128. The third kappa shape index (κ3) is 5.31. The lowest BCUT2D eigenvalue weighted by Crippen LogP contribution is -2.49. The molecule has 1 fully saturated rings. The van der Waals surface area contributed by atoms with Crippen LogP contribution in [0.4, 0.5) is 14.5 Å². The van der Waals surface area contributed by atoms with Crippen LogP contribution in [-0.2, 0) is 9.53 Å². The van der Waals surface area contributed by atoms with Crippen LogP contribution in [0.3, 0.4) is 0 Å². The van der Waals surface area contributed by atoms with Gasteiger partial charge in [-0.05, 0) is 17.7 Å². The number of benzene rings is 1. The summed E-state index contributed by atoms with van der Waals surface area (Å²) in [7, 11) is 1.63. The summed E-state index contributed by atoms with van der Waals surface area (Å²) in [6.07, 6.45) is 0.320. The Morgan fingerprint density at radius 3 is 2.66 bits per heavy atom. The average molecular weight is 447 g/mol. The molecule has 0 aromatic heterocycles. The minimum atomic E-state index is -2.75. The van der Waals surface area contributed by atoms with E-state index >= 15 is 0 Å². The highest BCUT2D eigenvalue weighted by Crippen LogP contribution is 2.30. The van der Waals surface area contributed by atoms with Gasteiger partial charge in [-0.2, -0.15) is 0 Å². The third-order valence-electron chi connectivity index (χ3n) is 5.43. The Morgan fingerprint density at radius 1 is 1.34 bits per heavy atom. The molecule has 1 aromatic carbocycles. The molecule has 8 nitrogen and oxygen atoms in total. The maximum atomic E-state index is 13.7. The van der Waals surface area contributed by atoms with E-state index in [1.165, 1.54) is 25.3 Å². The second-order valence-corrected chi connectivity index (χ2v) is 7.66. The van der Waals surface area contributed by atoms with Crippen molar-refractivity contribution in [2.75, 3.05) is 38.7 Å². The molecule has 32 heavy (non-hydrogen) atoms. The number of ether oxygens (including phenoxy) is 1. The van der Waals surface area contributed by atoms with Gasteiger partial charge in [0, 0.05) is 67.4 Å². The number of allylic oxidation sites excluding steroid dienone is 1. The molecule has 0 saturated carbocycles. The maximum Gasteiger partial charge on any atom is 0.264 e. The summed E-state index contributed by atoms with van der Waals surface area (Å²) in [5.74, 6) is -0.0362. The normalized spacial score (nSPS) is 17.2. The van der Waals surface area contributed by atoms with Crippen LogP contribution in [0.5, 0.6) is 0 Å². The molecule has 3 rings (SSSR count). The highest BCUT2D eigenvalue weighted by molar-refractivity contribution is 6.10. The first kappa shape index (κ1) is 23.4. The second kappa shape index (κ2) is 10.4. The molecule has 0 radical (unpaired) electrons. The highest BCUT2D eigenvalue weighted by Gasteiger charge is 2.27. The number of carbonyl (C=O) groups excluding carboxylic acids is 1. The Morgan fingerprint density at radius 2 is 2.09 bits per heavy atom. The summed E-state index contributed by atoms with van der Waals surface area (Å²) in [6, 6.07) is 4.56. The highest BCUT2D eigenvalue weighted by atomic mass is 19.3. The van der Waals surface area contributed by atoms with Crippen molar-refractivity contribution in [3.8, 4) is 0 Å². The van der Waals surface area contributed by atoms with Gasteiger partial charge >= 0.3 is 0 Å². The molecule has 0 aliphatic carbocycles. The van der Waals surface area contributed by atoms with Crippen molar-refractivity contribution >= 4 is 29.2 Å². The molecule has 0 spiro atoms. The molecule has 2 aliphatic rings. The first-order valence-electron chi connectivity index (χ1n) is 10.3. The summed E-state index contributed by atoms with van der Waals surface area (Å²) in [5.41, 5.74) is 2.15. The Hall–Kier alpha value is -3.27. The van der Waals surface area contributed by atoms with E-state index in [1.807, 2.05) is 0 Å². The van der Waals surface area contributed by atoms with E-state index in [2.05, 4.69) is 16.0 Å². The van der Waals surface area contributed by atoms with Gasteiger partial charge in [-0.3, -0.25) is 10.2 Å². The monoisotopic (exact) mass is 446 g/mol. The second-order valence-electron chi connectivity index (χ2n) is 7.66. The van der Waals surface area contributed by atoms with Gasteiger partial charge < -0.3 is 31.0 Å². The molecule has 1 aromatic rings. The molecule has 1 saturated heterocycles. The molecular weight excluding hydrogens is 418 g/mol. The number of nitrogens with one attached hydrogen (secondary N) is 5. The molecule has 0 unspecified atom stereocenters. The number of halogens is 2. The van der Waals surface area contributed by atoms with Crippen molar-refractivity contribution in [1.29, 1.82) is 10.8 Å². The van der Waals surface area contributed by atoms with Gasteiger partial charge in [-0.15, -0.1) is 0 Å². The molecule has 2 aliphatic heterocycles. The fourth-order valence-electron chi connectivity index (χ4n) is 3.64. The van der Waals surface area contributed by atoms with E-state index in [9.17, 15) is 13.6 Å². The number of alkyl halides is 2. The van der Waals surface area contributed by atoms with Gasteiger partial charge in [-0.1, -0.05) is 6.07 Å². The summed E-state index contributed by atoms with van der Waals surface area (Å²) < 4.78 is 32.7. The van der Waals surface area contributed by atoms with Crippen LogP contribution in [-0.4, -0.2) is 62.3 Å². The van der Waals surface area contributed by atoms with Gasteiger partial charge in [0.1, 0.15) is 5.84 Å². The summed E-state index contributed by atoms with van der Waals surface area (Å²) in [6.45, 7) is 3.47. The fraction of sp³-hybridized carbons (Fsp3) is 0.409. The number of amides is 1. The van der Waals surface area contributed by atoms with Crippen LogP contribution in [0, 0.1) is 10.8 Å². The van der Waals surface area contributed by atoms with Crippen molar-refractivity contribution in [2.45, 2.75) is 25.8 Å². The average Bonchev–Trinajstić information content (AvgIpc) is 2.74. The Bertz CT molecular complexity index is 956. The van der Waals surface area contributed by atoms with E-state index in [0.29, 0.717) is 43.0 Å². The van der Waals surface area contributed by atoms with Crippen molar-refractivity contribution in [1.82, 2.24) is 15.5 Å². The van der Waals surface area contributed by atoms with Crippen molar-refractivity contribution < 1.29 is 18.3 Å². The van der Waals surface area contributed by atoms with E-state index in [0.717, 1.165) is 11.9 Å². The first-order chi connectivity index (χ1) is 15.3. The standard InChI is InChI=1S/C22H28F2N6O2/c1-13(31)30-6-5-20(28-16-11-32-12-16)19(10-30)22(26)29-15-3-4-17(14(8-25)9-27-2)18(7-15)21(23)24/h3-4,7-9,16,21,25,27-28H,5-6,10-12H2,1-2H3,(H2,26,29)/b14-9+,25-8?. The summed E-state index contributed by atoms with van der Waals surface area (Å²) >= 11 is 0. The van der Waals surface area contributed by atoms with E-state index in [4.69, 9.17) is 15.6 Å². The van der Waals surface area contributed by atoms with Gasteiger partial charge in [0.25, 0.3) is 6.43 Å². The van der Waals surface area contributed by atoms with E-state index in [-0.39, 0.29) is 35.5 Å². The van der Waals surface area contributed by atoms with Crippen molar-refractivity contribution in [3.05, 3.63) is 46.8 Å². The molecule has 1 amide bonds. The van der Waals surface area contributed by atoms with Gasteiger partial charge in [0.15, 0.2) is 0 Å². The molecule has 10 heteroatoms. The van der Waals surface area contributed by atoms with Gasteiger partial charge in [0.2, 0.25) is 5.91 Å². The molecule has 2 heterocycles. The smallest absolute Gasteiger partial charge is 0.264 e. The van der Waals surface area contributed by atoms with Crippen LogP contribution in [0.15, 0.2) is 35.7 Å². The fourth-order valence-corrected chi connectivity index (χ4v) is 3.64. The third-order valence-corrected chi connectivity index (χ3v) is 5.43. The molecular formula is C22H28F2N6O2. The molecule has 0 atom stereocenters. The van der Waals surface area contributed by atoms with Crippen LogP contribution in [0.2, 0.25) is 0 Å². The zero-order chi connectivity index (χ0) is 23.3. The lowest BCUT2D eigenvalue weighted by Gasteiger charge is -2.35. The number of nitrogens with zero attached hydrogens (tertiary/aromatic N) is 1. The SMILES string of the molecule is CN/C=C(\C=N)c1ccc(NC(=N)C2=C(NC3COC3)CCN(C(C)=O)C2)cc1C(F)F. The van der Waals surface area contributed by atoms with Crippen molar-refractivity contribution in [2.24, 2.45) is 0 Å². The number of hydrogen-bond donors (Lipinski definition) is 5. The van der Waals surface area contributed by atoms with E-state index < -0.39 is 6.43 Å². The van der Waals surface area contributed by atoms with Crippen LogP contribution < -0.4 is 16.0 Å². The summed E-state index contributed by atoms with van der Waals surface area (Å²) in [4.78, 5) is 13.5.